The summed E-state index contributed by atoms with van der Waals surface area (Å²) in [4.78, 5) is 11.5. The van der Waals surface area contributed by atoms with E-state index in [0.29, 0.717) is 18.7 Å². The number of halogens is 4. The first-order chi connectivity index (χ1) is 8.21. The minimum atomic E-state index is -4.81. The van der Waals surface area contributed by atoms with E-state index in [1.54, 1.807) is 0 Å². The fraction of sp³-hybridized carbons (Fsp3) is 0.417. The van der Waals surface area contributed by atoms with Crippen LogP contribution in [-0.4, -0.2) is 12.5 Å². The van der Waals surface area contributed by atoms with E-state index in [9.17, 15) is 22.4 Å². The Morgan fingerprint density at radius 3 is 2.44 bits per heavy atom. The van der Waals surface area contributed by atoms with Crippen LogP contribution < -0.4 is 5.32 Å². The third kappa shape index (κ3) is 3.72. The third-order valence-corrected chi connectivity index (χ3v) is 2.20. The molecule has 1 N–H and O–H groups in total. The molecule has 0 aliphatic carbocycles. The average Bonchev–Trinajstić information content (AvgIpc) is 2.24. The molecule has 1 rings (SSSR count). The van der Waals surface area contributed by atoms with Gasteiger partial charge in [-0.2, -0.15) is 13.2 Å². The van der Waals surface area contributed by atoms with Crippen LogP contribution in [-0.2, 0) is 6.18 Å². The Kier molecular flexibility index (Phi) is 4.32. The summed E-state index contributed by atoms with van der Waals surface area (Å²) in [7, 11) is 0. The summed E-state index contributed by atoms with van der Waals surface area (Å²) in [6.45, 7) is 4.05. The minimum absolute atomic E-state index is 0.177. The van der Waals surface area contributed by atoms with Gasteiger partial charge in [-0.15, -0.1) is 0 Å². The van der Waals surface area contributed by atoms with E-state index in [0.717, 1.165) is 6.07 Å². The van der Waals surface area contributed by atoms with Crippen molar-refractivity contribution in [1.82, 2.24) is 5.32 Å². The van der Waals surface area contributed by atoms with Gasteiger partial charge in [0.05, 0.1) is 5.56 Å². The van der Waals surface area contributed by atoms with E-state index in [4.69, 9.17) is 0 Å². The zero-order valence-corrected chi connectivity index (χ0v) is 9.94. The number of amides is 1. The van der Waals surface area contributed by atoms with Crippen LogP contribution in [0.5, 0.6) is 0 Å². The number of hydrogen-bond acceptors (Lipinski definition) is 1. The average molecular weight is 263 g/mol. The Labute approximate surface area is 102 Å². The summed E-state index contributed by atoms with van der Waals surface area (Å²) in [6, 6.07) is 2.19. The van der Waals surface area contributed by atoms with E-state index in [1.807, 2.05) is 13.8 Å². The molecule has 18 heavy (non-hydrogen) atoms. The van der Waals surface area contributed by atoms with Crippen LogP contribution in [0, 0.1) is 11.7 Å². The van der Waals surface area contributed by atoms with Gasteiger partial charge in [0.15, 0.2) is 0 Å². The highest BCUT2D eigenvalue weighted by Gasteiger charge is 2.34. The molecule has 1 aromatic carbocycles. The summed E-state index contributed by atoms with van der Waals surface area (Å²) in [5, 5.41) is 2.47. The number of alkyl halides is 3. The standard InChI is InChI=1S/C12H13F4NO/c1-7(2)6-17-11(18)8-3-4-10(13)9(5-8)12(14,15)16/h3-5,7H,6H2,1-2H3,(H,17,18). The van der Waals surface area contributed by atoms with Gasteiger partial charge in [-0.1, -0.05) is 13.8 Å². The first-order valence-corrected chi connectivity index (χ1v) is 5.36. The van der Waals surface area contributed by atoms with E-state index < -0.39 is 23.5 Å². The van der Waals surface area contributed by atoms with Crippen molar-refractivity contribution in [2.45, 2.75) is 20.0 Å². The molecule has 0 fully saturated rings. The van der Waals surface area contributed by atoms with Gasteiger partial charge in [-0.25, -0.2) is 4.39 Å². The first-order valence-electron chi connectivity index (χ1n) is 5.36. The molecular weight excluding hydrogens is 250 g/mol. The molecule has 0 radical (unpaired) electrons. The largest absolute Gasteiger partial charge is 0.419 e. The van der Waals surface area contributed by atoms with Crippen LogP contribution in [0.3, 0.4) is 0 Å². The zero-order valence-electron chi connectivity index (χ0n) is 9.94. The molecule has 6 heteroatoms. The molecule has 0 saturated heterocycles. The molecule has 1 aromatic rings. The summed E-state index contributed by atoms with van der Waals surface area (Å²) in [6.07, 6.45) is -4.81. The number of benzene rings is 1. The molecule has 0 atom stereocenters. The van der Waals surface area contributed by atoms with Crippen LogP contribution in [0.15, 0.2) is 18.2 Å². The summed E-state index contributed by atoms with van der Waals surface area (Å²) < 4.78 is 50.3. The summed E-state index contributed by atoms with van der Waals surface area (Å²) in [5.41, 5.74) is -1.64. The summed E-state index contributed by atoms with van der Waals surface area (Å²) in [5.74, 6) is -1.85. The quantitative estimate of drug-likeness (QED) is 0.833. The second-order valence-corrected chi connectivity index (χ2v) is 4.30. The second-order valence-electron chi connectivity index (χ2n) is 4.30. The Morgan fingerprint density at radius 1 is 1.33 bits per heavy atom. The van der Waals surface area contributed by atoms with E-state index in [2.05, 4.69) is 5.32 Å². The van der Waals surface area contributed by atoms with Crippen LogP contribution >= 0.6 is 0 Å². The van der Waals surface area contributed by atoms with Gasteiger partial charge in [0, 0.05) is 12.1 Å². The van der Waals surface area contributed by atoms with Gasteiger partial charge in [0.2, 0.25) is 0 Å². The number of carbonyl (C=O) groups is 1. The second kappa shape index (κ2) is 5.37. The lowest BCUT2D eigenvalue weighted by Crippen LogP contribution is -2.27. The Hall–Kier alpha value is -1.59. The van der Waals surface area contributed by atoms with Crippen molar-refractivity contribution in [1.29, 1.82) is 0 Å². The van der Waals surface area contributed by atoms with Crippen LogP contribution in [0.1, 0.15) is 29.8 Å². The maximum atomic E-state index is 13.0. The molecule has 0 spiro atoms. The fourth-order valence-corrected chi connectivity index (χ4v) is 1.28. The maximum Gasteiger partial charge on any atom is 0.419 e. The van der Waals surface area contributed by atoms with Gasteiger partial charge in [0.1, 0.15) is 5.82 Å². The fourth-order valence-electron chi connectivity index (χ4n) is 1.28. The maximum absolute atomic E-state index is 13.0. The van der Waals surface area contributed by atoms with E-state index in [-0.39, 0.29) is 11.5 Å². The summed E-state index contributed by atoms with van der Waals surface area (Å²) >= 11 is 0. The van der Waals surface area contributed by atoms with Crippen molar-refractivity contribution < 1.29 is 22.4 Å². The van der Waals surface area contributed by atoms with E-state index in [1.165, 1.54) is 0 Å². The van der Waals surface area contributed by atoms with Crippen molar-refractivity contribution in [3.05, 3.63) is 35.1 Å². The number of rotatable bonds is 3. The van der Waals surface area contributed by atoms with Gasteiger partial charge < -0.3 is 5.32 Å². The molecule has 0 aliphatic rings. The molecule has 0 heterocycles. The predicted octanol–water partition coefficient (Wildman–Crippen LogP) is 3.23. The molecule has 0 aliphatic heterocycles. The van der Waals surface area contributed by atoms with Gasteiger partial charge >= 0.3 is 6.18 Å². The predicted molar refractivity (Wildman–Crippen MR) is 58.6 cm³/mol. The Balaban J connectivity index is 2.95. The van der Waals surface area contributed by atoms with Gasteiger partial charge in [-0.3, -0.25) is 4.79 Å². The van der Waals surface area contributed by atoms with Gasteiger partial charge in [-0.05, 0) is 24.1 Å². The minimum Gasteiger partial charge on any atom is -0.352 e. The zero-order chi connectivity index (χ0) is 13.9. The molecule has 0 unspecified atom stereocenters. The molecule has 0 bridgehead atoms. The molecule has 1 amide bonds. The molecule has 0 aromatic heterocycles. The smallest absolute Gasteiger partial charge is 0.352 e. The number of hydrogen-bond donors (Lipinski definition) is 1. The van der Waals surface area contributed by atoms with Crippen molar-refractivity contribution in [2.75, 3.05) is 6.54 Å². The first kappa shape index (κ1) is 14.5. The van der Waals surface area contributed by atoms with Crippen molar-refractivity contribution in [3.63, 3.8) is 0 Å². The Morgan fingerprint density at radius 2 is 1.94 bits per heavy atom. The van der Waals surface area contributed by atoms with Gasteiger partial charge in [0.25, 0.3) is 5.91 Å². The topological polar surface area (TPSA) is 29.1 Å². The lowest BCUT2D eigenvalue weighted by Gasteiger charge is -2.11. The lowest BCUT2D eigenvalue weighted by atomic mass is 10.1. The van der Waals surface area contributed by atoms with Crippen LogP contribution in [0.4, 0.5) is 17.6 Å². The highest BCUT2D eigenvalue weighted by molar-refractivity contribution is 5.94. The van der Waals surface area contributed by atoms with Crippen LogP contribution in [0.25, 0.3) is 0 Å². The molecular formula is C12H13F4NO. The highest BCUT2D eigenvalue weighted by Crippen LogP contribution is 2.31. The number of carbonyl (C=O) groups excluding carboxylic acids is 1. The van der Waals surface area contributed by atoms with Crippen LogP contribution in [0.2, 0.25) is 0 Å². The SMILES string of the molecule is CC(C)CNC(=O)c1ccc(F)c(C(F)(F)F)c1. The number of nitrogens with one attached hydrogen (secondary N) is 1. The molecule has 100 valence electrons. The molecule has 2 nitrogen and oxygen atoms in total. The third-order valence-electron chi connectivity index (χ3n) is 2.20. The Bertz CT molecular complexity index is 440. The lowest BCUT2D eigenvalue weighted by molar-refractivity contribution is -0.140. The van der Waals surface area contributed by atoms with E-state index >= 15 is 0 Å². The normalized spacial score (nSPS) is 11.7. The highest BCUT2D eigenvalue weighted by atomic mass is 19.4. The van der Waals surface area contributed by atoms with Crippen molar-refractivity contribution in [2.24, 2.45) is 5.92 Å². The monoisotopic (exact) mass is 263 g/mol. The molecule has 0 saturated carbocycles. The van der Waals surface area contributed by atoms with Crippen molar-refractivity contribution in [3.8, 4) is 0 Å². The van der Waals surface area contributed by atoms with Crippen molar-refractivity contribution >= 4 is 5.91 Å².